The number of aliphatic hydroxyl groups excluding tert-OH is 1. The maximum atomic E-state index is 10.2. The molecule has 0 bridgehead atoms. The maximum Gasteiger partial charge on any atom is 0.0802 e. The van der Waals surface area contributed by atoms with Crippen LogP contribution in [0.25, 0.3) is 0 Å². The van der Waals surface area contributed by atoms with Crippen molar-refractivity contribution in [3.8, 4) is 0 Å². The summed E-state index contributed by atoms with van der Waals surface area (Å²) in [6.07, 6.45) is 3.18. The van der Waals surface area contributed by atoms with E-state index in [2.05, 4.69) is 35.9 Å². The van der Waals surface area contributed by atoms with Gasteiger partial charge in [0, 0.05) is 19.6 Å². The Hall–Kier alpha value is -0.900. The van der Waals surface area contributed by atoms with E-state index >= 15 is 0 Å². The summed E-state index contributed by atoms with van der Waals surface area (Å²) >= 11 is 0. The van der Waals surface area contributed by atoms with Crippen LogP contribution < -0.4 is 0 Å². The van der Waals surface area contributed by atoms with Crippen molar-refractivity contribution in [3.63, 3.8) is 0 Å². The number of hydrogen-bond donors (Lipinski definition) is 1. The van der Waals surface area contributed by atoms with E-state index in [1.54, 1.807) is 0 Å². The number of likely N-dealkylation sites (N-methyl/N-ethyl adjacent to an activating group) is 1. The molecule has 1 saturated heterocycles. The first-order valence-corrected chi connectivity index (χ1v) is 7.80. The molecule has 0 radical (unpaired) electrons. The lowest BCUT2D eigenvalue weighted by Gasteiger charge is -2.22. The van der Waals surface area contributed by atoms with Crippen LogP contribution in [0.3, 0.4) is 0 Å². The minimum Gasteiger partial charge on any atom is -0.388 e. The molecule has 1 atom stereocenters. The number of aliphatic hydroxyl groups is 1. The van der Waals surface area contributed by atoms with Crippen molar-refractivity contribution in [3.05, 3.63) is 35.4 Å². The van der Waals surface area contributed by atoms with Gasteiger partial charge in [-0.05, 0) is 51.9 Å². The van der Waals surface area contributed by atoms with E-state index in [0.717, 1.165) is 31.6 Å². The average Bonchev–Trinajstić information content (AvgIpc) is 2.96. The van der Waals surface area contributed by atoms with Gasteiger partial charge in [-0.1, -0.05) is 29.8 Å². The molecule has 1 fully saturated rings. The highest BCUT2D eigenvalue weighted by Crippen LogP contribution is 2.17. The Morgan fingerprint density at radius 2 is 1.80 bits per heavy atom. The smallest absolute Gasteiger partial charge is 0.0802 e. The Morgan fingerprint density at radius 3 is 2.45 bits per heavy atom. The van der Waals surface area contributed by atoms with Gasteiger partial charge in [-0.25, -0.2) is 0 Å². The molecule has 1 N–H and O–H groups in total. The third-order valence-corrected chi connectivity index (χ3v) is 4.24. The van der Waals surface area contributed by atoms with Crippen LogP contribution in [-0.2, 0) is 0 Å². The molecule has 0 spiro atoms. The van der Waals surface area contributed by atoms with E-state index in [1.807, 2.05) is 12.1 Å². The van der Waals surface area contributed by atoms with E-state index in [-0.39, 0.29) is 6.10 Å². The minimum absolute atomic E-state index is 0.343. The van der Waals surface area contributed by atoms with Crippen molar-refractivity contribution in [1.29, 1.82) is 0 Å². The molecule has 3 heteroatoms. The van der Waals surface area contributed by atoms with E-state index in [1.165, 1.54) is 31.5 Å². The molecule has 0 aromatic heterocycles. The molecule has 2 rings (SSSR count). The van der Waals surface area contributed by atoms with Crippen molar-refractivity contribution in [2.24, 2.45) is 0 Å². The molecule has 3 nitrogen and oxygen atoms in total. The van der Waals surface area contributed by atoms with Gasteiger partial charge in [0.25, 0.3) is 0 Å². The monoisotopic (exact) mass is 276 g/mol. The highest BCUT2D eigenvalue weighted by molar-refractivity contribution is 5.22. The molecule has 1 aliphatic heterocycles. The number of rotatable bonds is 7. The van der Waals surface area contributed by atoms with Crippen LogP contribution in [0.4, 0.5) is 0 Å². The quantitative estimate of drug-likeness (QED) is 0.828. The van der Waals surface area contributed by atoms with Crippen molar-refractivity contribution in [2.45, 2.75) is 32.3 Å². The normalized spacial score (nSPS) is 17.8. The summed E-state index contributed by atoms with van der Waals surface area (Å²) in [6.45, 7) is 7.81. The molecule has 112 valence electrons. The predicted octanol–water partition coefficient (Wildman–Crippen LogP) is 2.45. The third kappa shape index (κ3) is 4.89. The largest absolute Gasteiger partial charge is 0.388 e. The van der Waals surface area contributed by atoms with Gasteiger partial charge in [-0.3, -0.25) is 0 Å². The van der Waals surface area contributed by atoms with Crippen LogP contribution in [0.2, 0.25) is 0 Å². The van der Waals surface area contributed by atoms with Crippen LogP contribution in [-0.4, -0.2) is 54.7 Å². The van der Waals surface area contributed by atoms with E-state index in [9.17, 15) is 5.11 Å². The molecular formula is C17H28N2O. The number of likely N-dealkylation sites (tertiary alicyclic amines) is 1. The summed E-state index contributed by atoms with van der Waals surface area (Å²) in [7, 11) is 2.15. The zero-order chi connectivity index (χ0) is 14.4. The van der Waals surface area contributed by atoms with Gasteiger partial charge < -0.3 is 14.9 Å². The Morgan fingerprint density at radius 1 is 1.15 bits per heavy atom. The summed E-state index contributed by atoms with van der Waals surface area (Å²) in [5.74, 6) is 0. The SMILES string of the molecule is Cc1ccc(C(O)CCN(C)CCN2CCCC2)cc1. The van der Waals surface area contributed by atoms with E-state index in [0.29, 0.717) is 0 Å². The summed E-state index contributed by atoms with van der Waals surface area (Å²) in [5, 5.41) is 10.2. The summed E-state index contributed by atoms with van der Waals surface area (Å²) < 4.78 is 0. The summed E-state index contributed by atoms with van der Waals surface area (Å²) in [6, 6.07) is 8.19. The average molecular weight is 276 g/mol. The first kappa shape index (κ1) is 15.5. The molecule has 1 aromatic rings. The van der Waals surface area contributed by atoms with E-state index < -0.39 is 0 Å². The van der Waals surface area contributed by atoms with E-state index in [4.69, 9.17) is 0 Å². The van der Waals surface area contributed by atoms with Crippen molar-refractivity contribution < 1.29 is 5.11 Å². The lowest BCUT2D eigenvalue weighted by atomic mass is 10.0. The molecule has 1 aliphatic rings. The summed E-state index contributed by atoms with van der Waals surface area (Å²) in [5.41, 5.74) is 2.27. The minimum atomic E-state index is -0.343. The van der Waals surface area contributed by atoms with Crippen LogP contribution in [0, 0.1) is 6.92 Å². The molecule has 1 unspecified atom stereocenters. The Balaban J connectivity index is 1.66. The highest BCUT2D eigenvalue weighted by atomic mass is 16.3. The van der Waals surface area contributed by atoms with Gasteiger partial charge in [-0.2, -0.15) is 0 Å². The summed E-state index contributed by atoms with van der Waals surface area (Å²) in [4.78, 5) is 4.86. The Bertz CT molecular complexity index is 384. The number of benzene rings is 1. The predicted molar refractivity (Wildman–Crippen MR) is 83.9 cm³/mol. The van der Waals surface area contributed by atoms with Crippen molar-refractivity contribution >= 4 is 0 Å². The fraction of sp³-hybridized carbons (Fsp3) is 0.647. The van der Waals surface area contributed by atoms with Crippen LogP contribution in [0.5, 0.6) is 0 Å². The molecule has 1 aromatic carbocycles. The Labute approximate surface area is 123 Å². The second-order valence-electron chi connectivity index (χ2n) is 6.07. The van der Waals surface area contributed by atoms with Gasteiger partial charge in [0.1, 0.15) is 0 Å². The number of nitrogens with zero attached hydrogens (tertiary/aromatic N) is 2. The fourth-order valence-corrected chi connectivity index (χ4v) is 2.73. The number of hydrogen-bond acceptors (Lipinski definition) is 3. The van der Waals surface area contributed by atoms with Crippen molar-refractivity contribution in [2.75, 3.05) is 39.8 Å². The number of aryl methyl sites for hydroxylation is 1. The van der Waals surface area contributed by atoms with Gasteiger partial charge in [0.05, 0.1) is 6.10 Å². The first-order chi connectivity index (χ1) is 9.65. The second kappa shape index (κ2) is 7.77. The maximum absolute atomic E-state index is 10.2. The molecule has 0 aliphatic carbocycles. The highest BCUT2D eigenvalue weighted by Gasteiger charge is 2.13. The van der Waals surface area contributed by atoms with Gasteiger partial charge in [0.2, 0.25) is 0 Å². The Kier molecular flexibility index (Phi) is 6.02. The third-order valence-electron chi connectivity index (χ3n) is 4.24. The van der Waals surface area contributed by atoms with Crippen molar-refractivity contribution in [1.82, 2.24) is 9.80 Å². The zero-order valence-corrected chi connectivity index (χ0v) is 12.9. The lowest BCUT2D eigenvalue weighted by Crippen LogP contribution is -2.32. The second-order valence-corrected chi connectivity index (χ2v) is 6.07. The zero-order valence-electron chi connectivity index (χ0n) is 12.9. The van der Waals surface area contributed by atoms with Gasteiger partial charge in [-0.15, -0.1) is 0 Å². The first-order valence-electron chi connectivity index (χ1n) is 7.80. The standard InChI is InChI=1S/C17H28N2O/c1-15-5-7-16(8-6-15)17(20)9-12-18(2)13-14-19-10-3-4-11-19/h5-8,17,20H,3-4,9-14H2,1-2H3. The molecule has 20 heavy (non-hydrogen) atoms. The fourth-order valence-electron chi connectivity index (χ4n) is 2.73. The lowest BCUT2D eigenvalue weighted by molar-refractivity contribution is 0.145. The molecule has 1 heterocycles. The van der Waals surface area contributed by atoms with Crippen LogP contribution in [0.1, 0.15) is 36.5 Å². The van der Waals surface area contributed by atoms with Crippen LogP contribution in [0.15, 0.2) is 24.3 Å². The van der Waals surface area contributed by atoms with Gasteiger partial charge >= 0.3 is 0 Å². The molecular weight excluding hydrogens is 248 g/mol. The molecule has 0 saturated carbocycles. The van der Waals surface area contributed by atoms with Gasteiger partial charge in [0.15, 0.2) is 0 Å². The van der Waals surface area contributed by atoms with Crippen LogP contribution >= 0.6 is 0 Å². The topological polar surface area (TPSA) is 26.7 Å². The molecule has 0 amide bonds.